The third-order valence-electron chi connectivity index (χ3n) is 5.83. The van der Waals surface area contributed by atoms with Crippen LogP contribution in [0.3, 0.4) is 0 Å². The molecule has 0 aliphatic carbocycles. The molecule has 0 saturated heterocycles. The minimum atomic E-state index is -0.557. The molecule has 5 heteroatoms. The Morgan fingerprint density at radius 2 is 1.84 bits per heavy atom. The van der Waals surface area contributed by atoms with E-state index in [2.05, 4.69) is 36.3 Å². The van der Waals surface area contributed by atoms with Crippen molar-refractivity contribution in [2.45, 2.75) is 31.7 Å². The number of fused-ring (bicyclic) bond motifs is 1. The summed E-state index contributed by atoms with van der Waals surface area (Å²) in [6.07, 6.45) is 3.53. The monoisotopic (exact) mass is 432 g/mol. The molecule has 0 N–H and O–H groups in total. The molecule has 0 saturated carbocycles. The van der Waals surface area contributed by atoms with Gasteiger partial charge in [0.25, 0.3) is 0 Å². The topological polar surface area (TPSA) is 34.1 Å². The lowest BCUT2D eigenvalue weighted by Crippen LogP contribution is -2.28. The summed E-state index contributed by atoms with van der Waals surface area (Å²) in [5, 5.41) is 4.12. The lowest BCUT2D eigenvalue weighted by molar-refractivity contribution is -0.0140. The first kappa shape index (κ1) is 22.2. The molecule has 0 aromatic heterocycles. The Balaban J connectivity index is 1.53. The van der Waals surface area contributed by atoms with Gasteiger partial charge >= 0.3 is 0 Å². The summed E-state index contributed by atoms with van der Waals surface area (Å²) in [5.41, 5.74) is 4.75. The van der Waals surface area contributed by atoms with E-state index < -0.39 is 5.60 Å². The second kappa shape index (κ2) is 10.1. The van der Waals surface area contributed by atoms with E-state index in [1.807, 2.05) is 48.5 Å². The average molecular weight is 433 g/mol. The van der Waals surface area contributed by atoms with E-state index in [9.17, 15) is 4.39 Å². The quantitative estimate of drug-likeness (QED) is 0.331. The van der Waals surface area contributed by atoms with E-state index >= 15 is 0 Å². The van der Waals surface area contributed by atoms with Crippen LogP contribution in [0.4, 0.5) is 4.39 Å². The lowest BCUT2D eigenvalue weighted by atomic mass is 9.81. The molecule has 0 spiro atoms. The van der Waals surface area contributed by atoms with Crippen LogP contribution in [0.5, 0.6) is 0 Å². The Hall–Kier alpha value is -3.02. The second-order valence-electron chi connectivity index (χ2n) is 8.44. The van der Waals surface area contributed by atoms with Gasteiger partial charge in [0.05, 0.1) is 12.8 Å². The van der Waals surface area contributed by atoms with Crippen LogP contribution < -0.4 is 0 Å². The molecule has 166 valence electrons. The fourth-order valence-electron chi connectivity index (χ4n) is 4.22. The van der Waals surface area contributed by atoms with Crippen LogP contribution in [-0.2, 0) is 28.4 Å². The van der Waals surface area contributed by atoms with Crippen molar-refractivity contribution in [2.24, 2.45) is 5.16 Å². The largest absolute Gasteiger partial charge is 0.391 e. The van der Waals surface area contributed by atoms with E-state index in [1.165, 1.54) is 12.1 Å². The summed E-state index contributed by atoms with van der Waals surface area (Å²) < 4.78 is 20.0. The molecule has 32 heavy (non-hydrogen) atoms. The molecule has 3 aromatic rings. The van der Waals surface area contributed by atoms with Crippen LogP contribution >= 0.6 is 0 Å². The molecular formula is C27H29FN2O2. The zero-order valence-electron chi connectivity index (χ0n) is 18.6. The Labute approximate surface area is 189 Å². The highest BCUT2D eigenvalue weighted by molar-refractivity contribution is 5.79. The maximum atomic E-state index is 13.6. The highest BCUT2D eigenvalue weighted by atomic mass is 19.1. The highest BCUT2D eigenvalue weighted by Crippen LogP contribution is 2.45. The van der Waals surface area contributed by atoms with Crippen LogP contribution in [0, 0.1) is 5.82 Å². The van der Waals surface area contributed by atoms with Crippen LogP contribution in [0.1, 0.15) is 40.7 Å². The van der Waals surface area contributed by atoms with Crippen molar-refractivity contribution in [2.75, 3.05) is 20.6 Å². The van der Waals surface area contributed by atoms with Gasteiger partial charge in [-0.3, -0.25) is 0 Å². The van der Waals surface area contributed by atoms with Gasteiger partial charge in [-0.1, -0.05) is 59.8 Å². The van der Waals surface area contributed by atoms with Crippen molar-refractivity contribution in [3.8, 4) is 0 Å². The van der Waals surface area contributed by atoms with Crippen molar-refractivity contribution in [1.82, 2.24) is 4.90 Å². The van der Waals surface area contributed by atoms with Gasteiger partial charge in [-0.25, -0.2) is 4.39 Å². The summed E-state index contributed by atoms with van der Waals surface area (Å²) in [6, 6.07) is 22.9. The number of oxime groups is 1. The van der Waals surface area contributed by atoms with Crippen molar-refractivity contribution in [3.05, 3.63) is 106 Å². The summed E-state index contributed by atoms with van der Waals surface area (Å²) in [6.45, 7) is 1.91. The van der Waals surface area contributed by atoms with E-state index in [1.54, 1.807) is 6.21 Å². The van der Waals surface area contributed by atoms with Crippen molar-refractivity contribution < 1.29 is 14.0 Å². The summed E-state index contributed by atoms with van der Waals surface area (Å²) in [7, 11) is 4.14. The number of hydrogen-bond acceptors (Lipinski definition) is 4. The molecule has 0 radical (unpaired) electrons. The van der Waals surface area contributed by atoms with Crippen LogP contribution in [-0.4, -0.2) is 31.8 Å². The van der Waals surface area contributed by atoms with Gasteiger partial charge in [-0.2, -0.15) is 0 Å². The first-order valence-electron chi connectivity index (χ1n) is 10.9. The van der Waals surface area contributed by atoms with Gasteiger partial charge in [0.1, 0.15) is 18.0 Å². The van der Waals surface area contributed by atoms with Gasteiger partial charge in [-0.05, 0) is 79.5 Å². The van der Waals surface area contributed by atoms with E-state index in [-0.39, 0.29) is 5.82 Å². The van der Waals surface area contributed by atoms with Crippen LogP contribution in [0.15, 0.2) is 78.0 Å². The van der Waals surface area contributed by atoms with Crippen molar-refractivity contribution in [3.63, 3.8) is 0 Å². The van der Waals surface area contributed by atoms with Gasteiger partial charge in [0.2, 0.25) is 0 Å². The number of halogens is 1. The molecule has 3 aromatic carbocycles. The molecule has 1 atom stereocenters. The zero-order valence-corrected chi connectivity index (χ0v) is 18.6. The highest BCUT2D eigenvalue weighted by Gasteiger charge is 2.41. The Kier molecular flexibility index (Phi) is 6.98. The molecule has 0 bridgehead atoms. The second-order valence-corrected chi connectivity index (χ2v) is 8.44. The molecule has 1 aliphatic heterocycles. The molecule has 0 amide bonds. The third kappa shape index (κ3) is 5.06. The normalized spacial score (nSPS) is 17.8. The number of nitrogens with zero attached hydrogens (tertiary/aromatic N) is 2. The minimum Gasteiger partial charge on any atom is -0.391 e. The van der Waals surface area contributed by atoms with Crippen molar-refractivity contribution in [1.29, 1.82) is 0 Å². The summed E-state index contributed by atoms with van der Waals surface area (Å²) in [5.74, 6) is -0.238. The minimum absolute atomic E-state index is 0.238. The van der Waals surface area contributed by atoms with E-state index in [0.717, 1.165) is 47.2 Å². The number of rotatable bonds is 9. The molecule has 1 unspecified atom stereocenters. The summed E-state index contributed by atoms with van der Waals surface area (Å²) in [4.78, 5) is 7.61. The predicted molar refractivity (Wildman–Crippen MR) is 125 cm³/mol. The van der Waals surface area contributed by atoms with Gasteiger partial charge < -0.3 is 14.5 Å². The molecule has 1 heterocycles. The number of benzene rings is 3. The Morgan fingerprint density at radius 3 is 2.59 bits per heavy atom. The Bertz CT molecular complexity index is 1050. The van der Waals surface area contributed by atoms with Gasteiger partial charge in [-0.15, -0.1) is 0 Å². The van der Waals surface area contributed by atoms with Crippen molar-refractivity contribution >= 4 is 6.21 Å². The fraction of sp³-hybridized carbons (Fsp3) is 0.296. The lowest BCUT2D eigenvalue weighted by Gasteiger charge is -2.31. The number of ether oxygens (including phenoxy) is 1. The smallest absolute Gasteiger partial charge is 0.142 e. The standard InChI is InChI=1S/C27H29FN2O2/c1-30(2)16-6-15-27(24-10-12-25(28)13-11-24)26-14-9-22(17-23(26)20-31-27)18-29-32-19-21-7-4-3-5-8-21/h3-5,7-14,17-18H,6,15-16,19-20H2,1-2H3/b29-18-. The maximum absolute atomic E-state index is 13.6. The molecule has 1 aliphatic rings. The Morgan fingerprint density at radius 1 is 1.06 bits per heavy atom. The molecular weight excluding hydrogens is 403 g/mol. The van der Waals surface area contributed by atoms with Crippen LogP contribution in [0.25, 0.3) is 0 Å². The maximum Gasteiger partial charge on any atom is 0.142 e. The van der Waals surface area contributed by atoms with Gasteiger partial charge in [0.15, 0.2) is 0 Å². The molecule has 4 nitrogen and oxygen atoms in total. The first-order valence-corrected chi connectivity index (χ1v) is 10.9. The fourth-order valence-corrected chi connectivity index (χ4v) is 4.22. The first-order chi connectivity index (χ1) is 15.6. The average Bonchev–Trinajstić information content (AvgIpc) is 3.16. The zero-order chi connectivity index (χ0) is 22.4. The van der Waals surface area contributed by atoms with Gasteiger partial charge in [0, 0.05) is 0 Å². The van der Waals surface area contributed by atoms with Crippen LogP contribution in [0.2, 0.25) is 0 Å². The predicted octanol–water partition coefficient (Wildman–Crippen LogP) is 5.49. The third-order valence-corrected chi connectivity index (χ3v) is 5.83. The van der Waals surface area contributed by atoms with E-state index in [4.69, 9.17) is 9.57 Å². The summed E-state index contributed by atoms with van der Waals surface area (Å²) >= 11 is 0. The number of hydrogen-bond donors (Lipinski definition) is 0. The molecule has 4 rings (SSSR count). The molecule has 0 fully saturated rings. The van der Waals surface area contributed by atoms with E-state index in [0.29, 0.717) is 13.2 Å². The SMILES string of the molecule is CN(C)CCCC1(c2ccc(F)cc2)OCc2cc(/C=N\OCc3ccccc3)ccc21.